The van der Waals surface area contributed by atoms with Gasteiger partial charge >= 0.3 is 0 Å². The van der Waals surface area contributed by atoms with E-state index < -0.39 is 17.5 Å². The van der Waals surface area contributed by atoms with Crippen LogP contribution in [0.5, 0.6) is 0 Å². The zero-order chi connectivity index (χ0) is 20.4. The summed E-state index contributed by atoms with van der Waals surface area (Å²) in [6, 6.07) is 8.31. The molecule has 4 rings (SSSR count). The number of hydrogen-bond acceptors (Lipinski definition) is 0. The molecule has 154 valence electrons. The first-order chi connectivity index (χ1) is 14.0. The Bertz CT molecular complexity index is 832. The smallest absolute Gasteiger partial charge is 0.134 e. The second kappa shape index (κ2) is 8.77. The van der Waals surface area contributed by atoms with Gasteiger partial charge in [0, 0.05) is 0 Å². The van der Waals surface area contributed by atoms with E-state index in [0.29, 0.717) is 11.5 Å². The number of halogens is 3. The van der Waals surface area contributed by atoms with Crippen LogP contribution >= 0.6 is 0 Å². The Kier molecular flexibility index (Phi) is 6.12. The van der Waals surface area contributed by atoms with Gasteiger partial charge < -0.3 is 0 Å². The minimum atomic E-state index is -0.554. The highest BCUT2D eigenvalue weighted by Crippen LogP contribution is 2.48. The van der Waals surface area contributed by atoms with E-state index in [1.807, 2.05) is 6.08 Å². The van der Waals surface area contributed by atoms with Gasteiger partial charge in [-0.1, -0.05) is 24.6 Å². The lowest BCUT2D eigenvalue weighted by atomic mass is 9.63. The second-order valence-electron chi connectivity index (χ2n) is 8.94. The first-order valence-corrected chi connectivity index (χ1v) is 10.9. The van der Waals surface area contributed by atoms with Crippen molar-refractivity contribution in [3.63, 3.8) is 0 Å². The molecule has 0 radical (unpaired) electrons. The van der Waals surface area contributed by atoms with Gasteiger partial charge in [-0.3, -0.25) is 0 Å². The van der Waals surface area contributed by atoms with Crippen LogP contribution < -0.4 is 0 Å². The molecule has 0 N–H and O–H groups in total. The van der Waals surface area contributed by atoms with Crippen LogP contribution in [0.2, 0.25) is 0 Å². The molecular weight excluding hydrogens is 369 g/mol. The summed E-state index contributed by atoms with van der Waals surface area (Å²) in [5.41, 5.74) is 1.08. The predicted molar refractivity (Wildman–Crippen MR) is 112 cm³/mol. The van der Waals surface area contributed by atoms with Crippen molar-refractivity contribution in [2.75, 3.05) is 0 Å². The molecule has 2 saturated carbocycles. The fourth-order valence-corrected chi connectivity index (χ4v) is 5.63. The summed E-state index contributed by atoms with van der Waals surface area (Å²) < 4.78 is 42.8. The van der Waals surface area contributed by atoms with Gasteiger partial charge in [-0.2, -0.15) is 0 Å². The van der Waals surface area contributed by atoms with Crippen LogP contribution in [0, 0.1) is 35.2 Å². The number of benzene rings is 2. The molecule has 0 amide bonds. The first-order valence-electron chi connectivity index (χ1n) is 10.9. The van der Waals surface area contributed by atoms with E-state index in [-0.39, 0.29) is 11.5 Å². The van der Waals surface area contributed by atoms with Gasteiger partial charge in [0.05, 0.1) is 5.56 Å². The topological polar surface area (TPSA) is 0 Å². The highest BCUT2D eigenvalue weighted by molar-refractivity contribution is 5.65. The predicted octanol–water partition coefficient (Wildman–Crippen LogP) is 8.04. The van der Waals surface area contributed by atoms with Crippen LogP contribution in [0.25, 0.3) is 11.1 Å². The highest BCUT2D eigenvalue weighted by atomic mass is 19.1. The van der Waals surface area contributed by atoms with E-state index in [1.54, 1.807) is 0 Å². The molecule has 0 aliphatic heterocycles. The van der Waals surface area contributed by atoms with Gasteiger partial charge in [-0.05, 0) is 104 Å². The SMILES string of the molecule is C=CCCC1CCC2CC(c3cc(F)c(-c4ccc(F)cc4)c(F)c3)CCC2C1. The molecule has 29 heavy (non-hydrogen) atoms. The zero-order valence-electron chi connectivity index (χ0n) is 16.8. The lowest BCUT2D eigenvalue weighted by Gasteiger charge is -2.42. The van der Waals surface area contributed by atoms with E-state index >= 15 is 0 Å². The van der Waals surface area contributed by atoms with Crippen molar-refractivity contribution in [2.24, 2.45) is 17.8 Å². The van der Waals surface area contributed by atoms with Gasteiger partial charge in [-0.25, -0.2) is 13.2 Å². The fourth-order valence-electron chi connectivity index (χ4n) is 5.63. The molecule has 3 heteroatoms. The Balaban J connectivity index is 1.47. The van der Waals surface area contributed by atoms with Crippen LogP contribution in [-0.4, -0.2) is 0 Å². The van der Waals surface area contributed by atoms with Gasteiger partial charge in [0.2, 0.25) is 0 Å². The number of allylic oxidation sites excluding steroid dienone is 1. The van der Waals surface area contributed by atoms with Crippen molar-refractivity contribution in [2.45, 2.75) is 57.3 Å². The summed E-state index contributed by atoms with van der Waals surface area (Å²) in [5.74, 6) is 0.966. The molecule has 0 nitrogen and oxygen atoms in total. The molecule has 0 aromatic heterocycles. The van der Waals surface area contributed by atoms with E-state index in [9.17, 15) is 13.2 Å². The lowest BCUT2D eigenvalue weighted by molar-refractivity contribution is 0.115. The lowest BCUT2D eigenvalue weighted by Crippen LogP contribution is -2.30. The van der Waals surface area contributed by atoms with Crippen LogP contribution in [0.1, 0.15) is 62.8 Å². The molecule has 2 aromatic carbocycles. The van der Waals surface area contributed by atoms with Crippen molar-refractivity contribution in [3.8, 4) is 11.1 Å². The van der Waals surface area contributed by atoms with Crippen molar-refractivity contribution in [1.29, 1.82) is 0 Å². The summed E-state index contributed by atoms with van der Waals surface area (Å²) >= 11 is 0. The van der Waals surface area contributed by atoms with Crippen LogP contribution in [0.15, 0.2) is 49.1 Å². The van der Waals surface area contributed by atoms with Crippen molar-refractivity contribution in [3.05, 3.63) is 72.1 Å². The Morgan fingerprint density at radius 1 is 0.862 bits per heavy atom. The second-order valence-corrected chi connectivity index (χ2v) is 8.94. The Morgan fingerprint density at radius 3 is 2.21 bits per heavy atom. The van der Waals surface area contributed by atoms with Gasteiger partial charge in [0.25, 0.3) is 0 Å². The normalized spacial score (nSPS) is 26.7. The van der Waals surface area contributed by atoms with Gasteiger partial charge in [0.15, 0.2) is 0 Å². The molecule has 0 bridgehead atoms. The van der Waals surface area contributed by atoms with E-state index in [1.165, 1.54) is 62.1 Å². The molecule has 2 aliphatic rings. The fraction of sp³-hybridized carbons (Fsp3) is 0.462. The van der Waals surface area contributed by atoms with Crippen molar-refractivity contribution < 1.29 is 13.2 Å². The molecule has 0 heterocycles. The molecule has 2 aromatic rings. The molecule has 4 unspecified atom stereocenters. The minimum absolute atomic E-state index is 0.0647. The summed E-state index contributed by atoms with van der Waals surface area (Å²) in [6.45, 7) is 3.84. The quantitative estimate of drug-likeness (QED) is 0.447. The van der Waals surface area contributed by atoms with E-state index in [0.717, 1.165) is 43.1 Å². The molecule has 0 spiro atoms. The molecule has 0 saturated heterocycles. The van der Waals surface area contributed by atoms with E-state index in [4.69, 9.17) is 0 Å². The third-order valence-electron chi connectivity index (χ3n) is 7.17. The maximum absolute atomic E-state index is 14.8. The Morgan fingerprint density at radius 2 is 1.52 bits per heavy atom. The number of rotatable bonds is 5. The largest absolute Gasteiger partial charge is 0.207 e. The highest BCUT2D eigenvalue weighted by Gasteiger charge is 2.36. The Labute approximate surface area is 171 Å². The summed E-state index contributed by atoms with van der Waals surface area (Å²) in [5, 5.41) is 0. The molecule has 2 aliphatic carbocycles. The number of fused-ring (bicyclic) bond motifs is 1. The molecule has 4 atom stereocenters. The standard InChI is InChI=1S/C26H29F3/c1-2-3-4-17-5-6-20-14-21(8-7-19(20)13-17)22-15-24(28)26(25(29)16-22)18-9-11-23(27)12-10-18/h2,9-12,15-17,19-21H,1,3-8,13-14H2. The average Bonchev–Trinajstić information content (AvgIpc) is 2.72. The summed E-state index contributed by atoms with van der Waals surface area (Å²) in [6.07, 6.45) is 11.4. The van der Waals surface area contributed by atoms with Gasteiger partial charge in [-0.15, -0.1) is 6.58 Å². The molecular formula is C26H29F3. The van der Waals surface area contributed by atoms with Crippen LogP contribution in [-0.2, 0) is 0 Å². The monoisotopic (exact) mass is 398 g/mol. The van der Waals surface area contributed by atoms with Crippen molar-refractivity contribution >= 4 is 0 Å². The third kappa shape index (κ3) is 4.44. The van der Waals surface area contributed by atoms with E-state index in [2.05, 4.69) is 6.58 Å². The first kappa shape index (κ1) is 20.3. The maximum Gasteiger partial charge on any atom is 0.134 e. The maximum atomic E-state index is 14.8. The van der Waals surface area contributed by atoms with Crippen LogP contribution in [0.4, 0.5) is 13.2 Å². The number of hydrogen-bond donors (Lipinski definition) is 0. The third-order valence-corrected chi connectivity index (χ3v) is 7.17. The Hall–Kier alpha value is -2.03. The molecule has 2 fully saturated rings. The minimum Gasteiger partial charge on any atom is -0.207 e. The zero-order valence-corrected chi connectivity index (χ0v) is 16.8. The average molecular weight is 399 g/mol. The summed E-state index contributed by atoms with van der Waals surface area (Å²) in [7, 11) is 0. The van der Waals surface area contributed by atoms with Crippen molar-refractivity contribution in [1.82, 2.24) is 0 Å². The van der Waals surface area contributed by atoms with Crippen LogP contribution in [0.3, 0.4) is 0 Å². The summed E-state index contributed by atoms with van der Waals surface area (Å²) in [4.78, 5) is 0. The van der Waals surface area contributed by atoms with Gasteiger partial charge in [0.1, 0.15) is 17.5 Å².